The summed E-state index contributed by atoms with van der Waals surface area (Å²) < 4.78 is 5.38. The van der Waals surface area contributed by atoms with Gasteiger partial charge in [0.2, 0.25) is 5.95 Å². The molecular formula is C13H20N6O. The van der Waals surface area contributed by atoms with Crippen LogP contribution in [0.4, 0.5) is 11.8 Å². The average Bonchev–Trinajstić information content (AvgIpc) is 2.95. The van der Waals surface area contributed by atoms with Crippen molar-refractivity contribution < 1.29 is 4.74 Å². The van der Waals surface area contributed by atoms with Crippen LogP contribution in [0.3, 0.4) is 0 Å². The standard InChI is InChI=1S/C13H20N6O/c1-2-5-14-13-17-11(10-8-15-19-12(10)18-13)16-9-3-6-20-7-4-9/h8-9H,2-7H2,1H3,(H3,14,15,16,17,18,19). The van der Waals surface area contributed by atoms with Crippen molar-refractivity contribution in [1.82, 2.24) is 20.2 Å². The number of aromatic amines is 1. The Morgan fingerprint density at radius 1 is 1.35 bits per heavy atom. The topological polar surface area (TPSA) is 87.8 Å². The predicted octanol–water partition coefficient (Wildman–Crippen LogP) is 1.77. The number of hydrogen-bond acceptors (Lipinski definition) is 6. The molecule has 3 heterocycles. The number of ether oxygens (including phenoxy) is 1. The second-order valence-electron chi connectivity index (χ2n) is 4.99. The van der Waals surface area contributed by atoms with Crippen molar-refractivity contribution in [2.45, 2.75) is 32.2 Å². The molecule has 0 atom stereocenters. The predicted molar refractivity (Wildman–Crippen MR) is 77.9 cm³/mol. The molecule has 20 heavy (non-hydrogen) atoms. The van der Waals surface area contributed by atoms with E-state index in [4.69, 9.17) is 4.74 Å². The summed E-state index contributed by atoms with van der Waals surface area (Å²) >= 11 is 0. The highest BCUT2D eigenvalue weighted by atomic mass is 16.5. The van der Waals surface area contributed by atoms with Gasteiger partial charge in [-0.1, -0.05) is 6.92 Å². The third-order valence-corrected chi connectivity index (χ3v) is 3.41. The molecule has 0 aromatic carbocycles. The van der Waals surface area contributed by atoms with E-state index in [-0.39, 0.29) is 0 Å². The van der Waals surface area contributed by atoms with Gasteiger partial charge in [-0.05, 0) is 19.3 Å². The van der Waals surface area contributed by atoms with E-state index in [1.54, 1.807) is 6.20 Å². The Labute approximate surface area is 117 Å². The maximum absolute atomic E-state index is 5.38. The lowest BCUT2D eigenvalue weighted by molar-refractivity contribution is 0.0904. The molecule has 2 aromatic heterocycles. The first-order valence-electron chi connectivity index (χ1n) is 7.16. The highest BCUT2D eigenvalue weighted by Gasteiger charge is 2.17. The molecule has 1 fully saturated rings. The summed E-state index contributed by atoms with van der Waals surface area (Å²) in [6.07, 6.45) is 4.80. The number of hydrogen-bond donors (Lipinski definition) is 3. The molecule has 2 aromatic rings. The fourth-order valence-corrected chi connectivity index (χ4v) is 2.30. The summed E-state index contributed by atoms with van der Waals surface area (Å²) in [5.41, 5.74) is 0.758. The molecule has 7 nitrogen and oxygen atoms in total. The summed E-state index contributed by atoms with van der Waals surface area (Å²) in [7, 11) is 0. The van der Waals surface area contributed by atoms with E-state index < -0.39 is 0 Å². The molecule has 3 N–H and O–H groups in total. The van der Waals surface area contributed by atoms with E-state index in [1.807, 2.05) is 0 Å². The van der Waals surface area contributed by atoms with Gasteiger partial charge in [0.15, 0.2) is 5.65 Å². The maximum Gasteiger partial charge on any atom is 0.226 e. The van der Waals surface area contributed by atoms with Crippen LogP contribution in [-0.2, 0) is 4.74 Å². The van der Waals surface area contributed by atoms with Gasteiger partial charge in [0.05, 0.1) is 11.6 Å². The number of aromatic nitrogens is 4. The number of anilines is 2. The van der Waals surface area contributed by atoms with Crippen molar-refractivity contribution >= 4 is 22.8 Å². The molecule has 1 saturated heterocycles. The third-order valence-electron chi connectivity index (χ3n) is 3.41. The molecular weight excluding hydrogens is 256 g/mol. The van der Waals surface area contributed by atoms with Crippen LogP contribution in [-0.4, -0.2) is 46.0 Å². The van der Waals surface area contributed by atoms with Crippen LogP contribution in [0.2, 0.25) is 0 Å². The summed E-state index contributed by atoms with van der Waals surface area (Å²) in [5.74, 6) is 1.48. The van der Waals surface area contributed by atoms with Crippen molar-refractivity contribution in [3.63, 3.8) is 0 Å². The Balaban J connectivity index is 1.84. The van der Waals surface area contributed by atoms with Gasteiger partial charge in [-0.15, -0.1) is 0 Å². The van der Waals surface area contributed by atoms with Gasteiger partial charge in [0.1, 0.15) is 5.82 Å². The monoisotopic (exact) mass is 276 g/mol. The van der Waals surface area contributed by atoms with Crippen LogP contribution < -0.4 is 10.6 Å². The summed E-state index contributed by atoms with van der Waals surface area (Å²) in [6, 6.07) is 0.399. The molecule has 3 rings (SSSR count). The minimum atomic E-state index is 0.399. The van der Waals surface area contributed by atoms with Crippen molar-refractivity contribution in [2.75, 3.05) is 30.4 Å². The zero-order valence-corrected chi connectivity index (χ0v) is 11.6. The Kier molecular flexibility index (Phi) is 3.96. The second-order valence-corrected chi connectivity index (χ2v) is 4.99. The lowest BCUT2D eigenvalue weighted by Crippen LogP contribution is -2.28. The van der Waals surface area contributed by atoms with Crippen LogP contribution in [0.1, 0.15) is 26.2 Å². The highest BCUT2D eigenvalue weighted by Crippen LogP contribution is 2.22. The van der Waals surface area contributed by atoms with E-state index in [1.165, 1.54) is 0 Å². The minimum Gasteiger partial charge on any atom is -0.381 e. The first kappa shape index (κ1) is 13.1. The lowest BCUT2D eigenvalue weighted by Gasteiger charge is -2.24. The van der Waals surface area contributed by atoms with Gasteiger partial charge < -0.3 is 15.4 Å². The van der Waals surface area contributed by atoms with E-state index >= 15 is 0 Å². The van der Waals surface area contributed by atoms with Crippen LogP contribution in [0.15, 0.2) is 6.20 Å². The van der Waals surface area contributed by atoms with Crippen molar-refractivity contribution in [3.8, 4) is 0 Å². The van der Waals surface area contributed by atoms with E-state index in [0.717, 1.165) is 55.9 Å². The van der Waals surface area contributed by atoms with E-state index in [0.29, 0.717) is 12.0 Å². The summed E-state index contributed by atoms with van der Waals surface area (Å²) in [4.78, 5) is 8.99. The molecule has 7 heteroatoms. The molecule has 0 bridgehead atoms. The second kappa shape index (κ2) is 6.04. The molecule has 1 aliphatic heterocycles. The van der Waals surface area contributed by atoms with Gasteiger partial charge in [-0.2, -0.15) is 15.1 Å². The highest BCUT2D eigenvalue weighted by molar-refractivity contribution is 5.87. The van der Waals surface area contributed by atoms with E-state index in [2.05, 4.69) is 37.7 Å². The summed E-state index contributed by atoms with van der Waals surface area (Å²) in [6.45, 7) is 4.58. The molecule has 0 aliphatic carbocycles. The molecule has 0 amide bonds. The van der Waals surface area contributed by atoms with Crippen LogP contribution in [0.5, 0.6) is 0 Å². The number of nitrogens with one attached hydrogen (secondary N) is 3. The normalized spacial score (nSPS) is 16.4. The third kappa shape index (κ3) is 2.82. The Bertz CT molecular complexity index is 563. The molecule has 0 saturated carbocycles. The molecule has 108 valence electrons. The number of rotatable bonds is 5. The van der Waals surface area contributed by atoms with Gasteiger partial charge in [-0.3, -0.25) is 5.10 Å². The fourth-order valence-electron chi connectivity index (χ4n) is 2.30. The Morgan fingerprint density at radius 3 is 3.00 bits per heavy atom. The quantitative estimate of drug-likeness (QED) is 0.771. The zero-order valence-electron chi connectivity index (χ0n) is 11.6. The number of nitrogens with zero attached hydrogens (tertiary/aromatic N) is 3. The van der Waals surface area contributed by atoms with Crippen molar-refractivity contribution in [3.05, 3.63) is 6.20 Å². The molecule has 0 radical (unpaired) electrons. The fraction of sp³-hybridized carbons (Fsp3) is 0.615. The van der Waals surface area contributed by atoms with Gasteiger partial charge in [0.25, 0.3) is 0 Å². The van der Waals surface area contributed by atoms with Crippen LogP contribution in [0, 0.1) is 0 Å². The number of fused-ring (bicyclic) bond motifs is 1. The SMILES string of the molecule is CCCNc1nc(NC2CCOCC2)c2cn[nH]c2n1. The van der Waals surface area contributed by atoms with Gasteiger partial charge in [-0.25, -0.2) is 0 Å². The Hall–Kier alpha value is -1.89. The van der Waals surface area contributed by atoms with Crippen LogP contribution in [0.25, 0.3) is 11.0 Å². The first-order valence-corrected chi connectivity index (χ1v) is 7.16. The van der Waals surface area contributed by atoms with E-state index in [9.17, 15) is 0 Å². The number of H-pyrrole nitrogens is 1. The zero-order chi connectivity index (χ0) is 13.8. The van der Waals surface area contributed by atoms with Crippen molar-refractivity contribution in [2.24, 2.45) is 0 Å². The maximum atomic E-state index is 5.38. The largest absolute Gasteiger partial charge is 0.381 e. The lowest BCUT2D eigenvalue weighted by atomic mass is 10.1. The Morgan fingerprint density at radius 2 is 2.20 bits per heavy atom. The first-order chi connectivity index (χ1) is 9.86. The average molecular weight is 276 g/mol. The molecule has 0 unspecified atom stereocenters. The van der Waals surface area contributed by atoms with Crippen molar-refractivity contribution in [1.29, 1.82) is 0 Å². The molecule has 0 spiro atoms. The molecule has 1 aliphatic rings. The van der Waals surface area contributed by atoms with Crippen LogP contribution >= 0.6 is 0 Å². The van der Waals surface area contributed by atoms with Gasteiger partial charge >= 0.3 is 0 Å². The minimum absolute atomic E-state index is 0.399. The van der Waals surface area contributed by atoms with Gasteiger partial charge in [0, 0.05) is 25.8 Å². The smallest absolute Gasteiger partial charge is 0.226 e. The summed E-state index contributed by atoms with van der Waals surface area (Å²) in [5, 5.41) is 14.6.